The van der Waals surface area contributed by atoms with E-state index in [1.54, 1.807) is 0 Å². The predicted octanol–water partition coefficient (Wildman–Crippen LogP) is 4.58. The van der Waals surface area contributed by atoms with Crippen LogP contribution in [0.4, 0.5) is 0 Å². The standard InChI is InChI=1S/C17H23NO/c1-3-8-18-15(10-13-5-6-13)17-11-14-9-12(2)4-7-16(14)19-17/h4,7,9,11,13,15,18H,3,5-6,8,10H2,1-2H3. The largest absolute Gasteiger partial charge is 0.459 e. The van der Waals surface area contributed by atoms with Gasteiger partial charge >= 0.3 is 0 Å². The molecule has 1 unspecified atom stereocenters. The number of benzene rings is 1. The molecule has 19 heavy (non-hydrogen) atoms. The maximum absolute atomic E-state index is 6.05. The second-order valence-electron chi connectivity index (χ2n) is 5.88. The van der Waals surface area contributed by atoms with Gasteiger partial charge in [0.2, 0.25) is 0 Å². The topological polar surface area (TPSA) is 25.2 Å². The van der Waals surface area contributed by atoms with Crippen molar-refractivity contribution in [3.05, 3.63) is 35.6 Å². The second-order valence-corrected chi connectivity index (χ2v) is 5.88. The molecule has 2 heteroatoms. The highest BCUT2D eigenvalue weighted by Gasteiger charge is 2.27. The van der Waals surface area contributed by atoms with Crippen LogP contribution in [0.2, 0.25) is 0 Å². The fraction of sp³-hybridized carbons (Fsp3) is 0.529. The number of hydrogen-bond donors (Lipinski definition) is 1. The molecule has 0 bridgehead atoms. The highest BCUT2D eigenvalue weighted by atomic mass is 16.3. The van der Waals surface area contributed by atoms with Crippen molar-refractivity contribution in [2.75, 3.05) is 6.54 Å². The van der Waals surface area contributed by atoms with E-state index >= 15 is 0 Å². The van der Waals surface area contributed by atoms with Crippen molar-refractivity contribution in [1.29, 1.82) is 0 Å². The van der Waals surface area contributed by atoms with E-state index in [2.05, 4.69) is 43.4 Å². The minimum absolute atomic E-state index is 0.389. The van der Waals surface area contributed by atoms with Gasteiger partial charge in [-0.1, -0.05) is 31.4 Å². The first-order valence-corrected chi connectivity index (χ1v) is 7.49. The quantitative estimate of drug-likeness (QED) is 0.819. The van der Waals surface area contributed by atoms with Crippen LogP contribution >= 0.6 is 0 Å². The molecule has 1 atom stereocenters. The Bertz CT molecular complexity index is 553. The van der Waals surface area contributed by atoms with Crippen molar-refractivity contribution in [2.45, 2.75) is 45.6 Å². The Morgan fingerprint density at radius 2 is 2.16 bits per heavy atom. The lowest BCUT2D eigenvalue weighted by atomic mass is 10.1. The van der Waals surface area contributed by atoms with Crippen LogP contribution < -0.4 is 5.32 Å². The van der Waals surface area contributed by atoms with Crippen molar-refractivity contribution in [1.82, 2.24) is 5.32 Å². The summed E-state index contributed by atoms with van der Waals surface area (Å²) in [4.78, 5) is 0. The van der Waals surface area contributed by atoms with Gasteiger partial charge in [0.1, 0.15) is 11.3 Å². The first kappa shape index (κ1) is 12.7. The van der Waals surface area contributed by atoms with Gasteiger partial charge in [0.15, 0.2) is 0 Å². The highest BCUT2D eigenvalue weighted by molar-refractivity contribution is 5.78. The van der Waals surface area contributed by atoms with Crippen molar-refractivity contribution in [3.63, 3.8) is 0 Å². The molecule has 1 aromatic carbocycles. The number of fused-ring (bicyclic) bond motifs is 1. The molecular weight excluding hydrogens is 234 g/mol. The van der Waals surface area contributed by atoms with E-state index in [0.29, 0.717) is 6.04 Å². The molecule has 1 aliphatic carbocycles. The zero-order chi connectivity index (χ0) is 13.2. The summed E-state index contributed by atoms with van der Waals surface area (Å²) in [7, 11) is 0. The Labute approximate surface area is 115 Å². The van der Waals surface area contributed by atoms with Crippen LogP contribution in [0, 0.1) is 12.8 Å². The Morgan fingerprint density at radius 1 is 1.32 bits per heavy atom. The maximum Gasteiger partial charge on any atom is 0.134 e. The van der Waals surface area contributed by atoms with E-state index in [9.17, 15) is 0 Å². The molecule has 0 amide bonds. The van der Waals surface area contributed by atoms with Crippen molar-refractivity contribution in [3.8, 4) is 0 Å². The number of aryl methyl sites for hydroxylation is 1. The molecule has 1 fully saturated rings. The fourth-order valence-corrected chi connectivity index (χ4v) is 2.66. The Hall–Kier alpha value is -1.28. The third kappa shape index (κ3) is 3.01. The average Bonchev–Trinajstić information content (AvgIpc) is 3.12. The van der Waals surface area contributed by atoms with E-state index in [4.69, 9.17) is 4.42 Å². The average molecular weight is 257 g/mol. The number of furan rings is 1. The molecule has 2 nitrogen and oxygen atoms in total. The number of rotatable bonds is 6. The first-order valence-electron chi connectivity index (χ1n) is 7.49. The van der Waals surface area contributed by atoms with Crippen LogP contribution in [-0.2, 0) is 0 Å². The van der Waals surface area contributed by atoms with Gasteiger partial charge in [0, 0.05) is 5.39 Å². The lowest BCUT2D eigenvalue weighted by molar-refractivity contribution is 0.396. The maximum atomic E-state index is 6.05. The van der Waals surface area contributed by atoms with Crippen LogP contribution in [0.15, 0.2) is 28.7 Å². The van der Waals surface area contributed by atoms with Gasteiger partial charge in [0.05, 0.1) is 6.04 Å². The lowest BCUT2D eigenvalue weighted by Gasteiger charge is -2.15. The normalized spacial score (nSPS) is 16.9. The molecular formula is C17H23NO. The molecule has 0 saturated heterocycles. The van der Waals surface area contributed by atoms with Gasteiger partial charge in [-0.2, -0.15) is 0 Å². The monoisotopic (exact) mass is 257 g/mol. The molecule has 2 aromatic rings. The number of hydrogen-bond acceptors (Lipinski definition) is 2. The summed E-state index contributed by atoms with van der Waals surface area (Å²) in [6.45, 7) is 5.40. The van der Waals surface area contributed by atoms with Crippen LogP contribution in [0.3, 0.4) is 0 Å². The Morgan fingerprint density at radius 3 is 2.89 bits per heavy atom. The number of nitrogens with one attached hydrogen (secondary N) is 1. The Kier molecular flexibility index (Phi) is 3.61. The summed E-state index contributed by atoms with van der Waals surface area (Å²) in [5, 5.41) is 4.87. The van der Waals surface area contributed by atoms with Crippen LogP contribution in [0.1, 0.15) is 50.0 Å². The summed E-state index contributed by atoms with van der Waals surface area (Å²) >= 11 is 0. The Balaban J connectivity index is 1.84. The zero-order valence-corrected chi connectivity index (χ0v) is 11.9. The summed E-state index contributed by atoms with van der Waals surface area (Å²) in [5.41, 5.74) is 2.31. The van der Waals surface area contributed by atoms with Crippen molar-refractivity contribution in [2.24, 2.45) is 5.92 Å². The molecule has 102 valence electrons. The fourth-order valence-electron chi connectivity index (χ4n) is 2.66. The smallest absolute Gasteiger partial charge is 0.134 e. The second kappa shape index (κ2) is 5.38. The summed E-state index contributed by atoms with van der Waals surface area (Å²) in [6.07, 6.45) is 5.17. The molecule has 0 spiro atoms. The van der Waals surface area contributed by atoms with E-state index in [0.717, 1.165) is 23.8 Å². The van der Waals surface area contributed by atoms with E-state index in [-0.39, 0.29) is 0 Å². The minimum atomic E-state index is 0.389. The SMILES string of the molecule is CCCNC(CC1CC1)c1cc2cc(C)ccc2o1. The van der Waals surface area contributed by atoms with Gasteiger partial charge in [-0.15, -0.1) is 0 Å². The van der Waals surface area contributed by atoms with Crippen LogP contribution in [0.25, 0.3) is 11.0 Å². The summed E-state index contributed by atoms with van der Waals surface area (Å²) < 4.78 is 6.05. The molecule has 1 heterocycles. The zero-order valence-electron chi connectivity index (χ0n) is 11.9. The molecule has 1 aliphatic rings. The van der Waals surface area contributed by atoms with Gasteiger partial charge in [0.25, 0.3) is 0 Å². The predicted molar refractivity (Wildman–Crippen MR) is 79.3 cm³/mol. The molecule has 0 aliphatic heterocycles. The van der Waals surface area contributed by atoms with Gasteiger partial charge < -0.3 is 9.73 Å². The van der Waals surface area contributed by atoms with Crippen LogP contribution in [-0.4, -0.2) is 6.54 Å². The van der Waals surface area contributed by atoms with Crippen molar-refractivity contribution < 1.29 is 4.42 Å². The first-order chi connectivity index (χ1) is 9.26. The lowest BCUT2D eigenvalue weighted by Crippen LogP contribution is -2.22. The molecule has 1 N–H and O–H groups in total. The summed E-state index contributed by atoms with van der Waals surface area (Å²) in [6, 6.07) is 9.02. The van der Waals surface area contributed by atoms with E-state index in [1.807, 2.05) is 0 Å². The van der Waals surface area contributed by atoms with Crippen molar-refractivity contribution >= 4 is 11.0 Å². The van der Waals surface area contributed by atoms with E-state index in [1.165, 1.54) is 36.6 Å². The molecule has 0 radical (unpaired) electrons. The molecule has 3 rings (SSSR count). The summed E-state index contributed by atoms with van der Waals surface area (Å²) in [5.74, 6) is 2.02. The minimum Gasteiger partial charge on any atom is -0.459 e. The van der Waals surface area contributed by atoms with Gasteiger partial charge in [-0.25, -0.2) is 0 Å². The molecule has 1 aromatic heterocycles. The molecule has 1 saturated carbocycles. The third-order valence-corrected chi connectivity index (χ3v) is 3.94. The van der Waals surface area contributed by atoms with Gasteiger partial charge in [-0.3, -0.25) is 0 Å². The highest BCUT2D eigenvalue weighted by Crippen LogP contribution is 2.38. The van der Waals surface area contributed by atoms with E-state index < -0.39 is 0 Å². The van der Waals surface area contributed by atoms with Gasteiger partial charge in [-0.05, 0) is 50.4 Å². The third-order valence-electron chi connectivity index (χ3n) is 3.94. The van der Waals surface area contributed by atoms with Crippen LogP contribution in [0.5, 0.6) is 0 Å².